The molecule has 0 fully saturated rings. The van der Waals surface area contributed by atoms with Crippen LogP contribution in [0.15, 0.2) is 64.7 Å². The maximum atomic E-state index is 5.04. The third-order valence-electron chi connectivity index (χ3n) is 3.77. The van der Waals surface area contributed by atoms with Crippen molar-refractivity contribution in [2.45, 2.75) is 0 Å². The van der Waals surface area contributed by atoms with Gasteiger partial charge < -0.3 is 4.74 Å². The number of nitrogens with zero attached hydrogens (tertiary/aromatic N) is 6. The molecular weight excluding hydrogens is 410 g/mol. The van der Waals surface area contributed by atoms with Gasteiger partial charge in [0.25, 0.3) is 0 Å². The zero-order valence-corrected chi connectivity index (χ0v) is 15.8. The number of aromatic nitrogens is 5. The molecule has 0 spiro atoms. The van der Waals surface area contributed by atoms with Crippen molar-refractivity contribution in [1.29, 1.82) is 0 Å². The van der Waals surface area contributed by atoms with Gasteiger partial charge in [-0.05, 0) is 24.3 Å². The Morgan fingerprint density at radius 2 is 2.07 bits per heavy atom. The van der Waals surface area contributed by atoms with Crippen molar-refractivity contribution in [3.8, 4) is 11.6 Å². The Balaban J connectivity index is 1.60. The maximum Gasteiger partial charge on any atom is 0.212 e. The van der Waals surface area contributed by atoms with Gasteiger partial charge in [-0.1, -0.05) is 22.0 Å². The molecule has 0 unspecified atom stereocenters. The fourth-order valence-corrected chi connectivity index (χ4v) is 2.87. The number of hydrogen-bond acceptors (Lipinski definition) is 7. The number of hydrazone groups is 1. The number of hydrogen-bond donors (Lipinski definition) is 1. The van der Waals surface area contributed by atoms with Crippen molar-refractivity contribution >= 4 is 39.0 Å². The van der Waals surface area contributed by atoms with E-state index in [2.05, 4.69) is 46.5 Å². The minimum atomic E-state index is 0.553. The maximum absolute atomic E-state index is 5.04. The van der Waals surface area contributed by atoms with E-state index >= 15 is 0 Å². The first-order valence-corrected chi connectivity index (χ1v) is 8.78. The molecule has 0 atom stereocenters. The van der Waals surface area contributed by atoms with Crippen LogP contribution in [0.3, 0.4) is 0 Å². The van der Waals surface area contributed by atoms with Crippen LogP contribution in [0.4, 0.5) is 5.82 Å². The Morgan fingerprint density at radius 3 is 2.85 bits per heavy atom. The van der Waals surface area contributed by atoms with E-state index in [1.807, 2.05) is 30.3 Å². The Labute approximate surface area is 163 Å². The monoisotopic (exact) mass is 423 g/mol. The highest BCUT2D eigenvalue weighted by molar-refractivity contribution is 9.10. The Morgan fingerprint density at radius 1 is 1.15 bits per heavy atom. The van der Waals surface area contributed by atoms with Gasteiger partial charge >= 0.3 is 0 Å². The molecule has 4 aromatic rings. The van der Waals surface area contributed by atoms with E-state index in [9.17, 15) is 0 Å². The summed E-state index contributed by atoms with van der Waals surface area (Å²) in [6.45, 7) is 0. The van der Waals surface area contributed by atoms with Gasteiger partial charge in [0, 0.05) is 22.3 Å². The van der Waals surface area contributed by atoms with Crippen molar-refractivity contribution in [2.24, 2.45) is 5.10 Å². The third-order valence-corrected chi connectivity index (χ3v) is 4.26. The second-order valence-electron chi connectivity index (χ2n) is 5.50. The topological polar surface area (TPSA) is 90.1 Å². The number of pyridine rings is 1. The molecule has 0 saturated carbocycles. The van der Waals surface area contributed by atoms with Crippen molar-refractivity contribution in [3.05, 3.63) is 65.2 Å². The molecule has 0 amide bonds. The number of benzene rings is 1. The molecular formula is C18H14BrN7O. The Bertz CT molecular complexity index is 1110. The lowest BCUT2D eigenvalue weighted by Crippen LogP contribution is -1.99. The van der Waals surface area contributed by atoms with Gasteiger partial charge in [-0.2, -0.15) is 10.2 Å². The Hall–Kier alpha value is -3.33. The highest BCUT2D eigenvalue weighted by Crippen LogP contribution is 2.23. The molecule has 0 aliphatic carbocycles. The van der Waals surface area contributed by atoms with Crippen molar-refractivity contribution in [1.82, 2.24) is 24.7 Å². The summed E-state index contributed by atoms with van der Waals surface area (Å²) in [4.78, 5) is 12.7. The summed E-state index contributed by atoms with van der Waals surface area (Å²) in [5.74, 6) is 1.12. The number of anilines is 1. The smallest absolute Gasteiger partial charge is 0.212 e. The van der Waals surface area contributed by atoms with Crippen LogP contribution >= 0.6 is 15.9 Å². The third kappa shape index (κ3) is 3.63. The van der Waals surface area contributed by atoms with E-state index in [4.69, 9.17) is 4.74 Å². The van der Waals surface area contributed by atoms with E-state index in [-0.39, 0.29) is 0 Å². The van der Waals surface area contributed by atoms with Crippen LogP contribution in [0.5, 0.6) is 5.88 Å². The first-order valence-electron chi connectivity index (χ1n) is 7.98. The normalized spacial score (nSPS) is 11.2. The number of fused-ring (bicyclic) bond motifs is 1. The second-order valence-corrected chi connectivity index (χ2v) is 6.42. The van der Waals surface area contributed by atoms with Crippen molar-refractivity contribution < 1.29 is 4.74 Å². The van der Waals surface area contributed by atoms with Crippen LogP contribution in [0.2, 0.25) is 0 Å². The molecule has 1 N–H and O–H groups in total. The molecule has 0 bridgehead atoms. The summed E-state index contributed by atoms with van der Waals surface area (Å²) in [6.07, 6.45) is 6.51. The molecule has 9 heteroatoms. The lowest BCUT2D eigenvalue weighted by Gasteiger charge is -2.04. The summed E-state index contributed by atoms with van der Waals surface area (Å²) in [5, 5.41) is 9.42. The van der Waals surface area contributed by atoms with Gasteiger partial charge in [0.1, 0.15) is 6.33 Å². The van der Waals surface area contributed by atoms with E-state index in [1.165, 1.54) is 6.33 Å². The predicted molar refractivity (Wildman–Crippen MR) is 106 cm³/mol. The standard InChI is InChI=1S/C18H14BrN7O/c1-27-16-6-5-12(8-20-16)9-23-25-17-15-10-24-26(18(15)22-11-21-17)14-4-2-3-13(19)7-14/h2-11H,1H3,(H,21,22,25). The molecule has 0 aliphatic heterocycles. The molecule has 1 aromatic carbocycles. The minimum Gasteiger partial charge on any atom is -0.481 e. The number of nitrogens with one attached hydrogen (secondary N) is 1. The summed E-state index contributed by atoms with van der Waals surface area (Å²) in [6, 6.07) is 11.5. The lowest BCUT2D eigenvalue weighted by molar-refractivity contribution is 0.398. The minimum absolute atomic E-state index is 0.553. The fraction of sp³-hybridized carbons (Fsp3) is 0.0556. The van der Waals surface area contributed by atoms with Gasteiger partial charge in [-0.15, -0.1) is 0 Å². The zero-order valence-electron chi connectivity index (χ0n) is 14.2. The molecule has 0 aliphatic rings. The van der Waals surface area contributed by atoms with E-state index in [0.717, 1.165) is 21.1 Å². The van der Waals surface area contributed by atoms with Gasteiger partial charge in [0.05, 0.1) is 30.6 Å². The van der Waals surface area contributed by atoms with Crippen LogP contribution in [-0.4, -0.2) is 38.1 Å². The molecule has 27 heavy (non-hydrogen) atoms. The number of methoxy groups -OCH3 is 1. The van der Waals surface area contributed by atoms with Gasteiger partial charge in [0.2, 0.25) is 5.88 Å². The summed E-state index contributed by atoms with van der Waals surface area (Å²) in [5.41, 5.74) is 5.36. The first kappa shape index (κ1) is 17.1. The summed E-state index contributed by atoms with van der Waals surface area (Å²) in [7, 11) is 1.58. The van der Waals surface area contributed by atoms with Gasteiger partial charge in [-0.25, -0.2) is 19.6 Å². The second kappa shape index (κ2) is 7.50. The predicted octanol–water partition coefficient (Wildman–Crippen LogP) is 3.43. The molecule has 3 heterocycles. The first-order chi connectivity index (χ1) is 13.2. The van der Waals surface area contributed by atoms with E-state index < -0.39 is 0 Å². The molecule has 8 nitrogen and oxygen atoms in total. The average molecular weight is 424 g/mol. The SMILES string of the molecule is COc1ccc(C=NNc2ncnc3c2cnn3-c2cccc(Br)c2)cn1. The summed E-state index contributed by atoms with van der Waals surface area (Å²) >= 11 is 3.47. The summed E-state index contributed by atoms with van der Waals surface area (Å²) < 4.78 is 7.76. The van der Waals surface area contributed by atoms with Crippen LogP contribution in [-0.2, 0) is 0 Å². The van der Waals surface area contributed by atoms with Crippen molar-refractivity contribution in [2.75, 3.05) is 12.5 Å². The number of halogens is 1. The molecule has 3 aromatic heterocycles. The van der Waals surface area contributed by atoms with Crippen molar-refractivity contribution in [3.63, 3.8) is 0 Å². The van der Waals surface area contributed by atoms with Gasteiger partial charge in [0.15, 0.2) is 11.5 Å². The highest BCUT2D eigenvalue weighted by Gasteiger charge is 2.10. The van der Waals surface area contributed by atoms with Gasteiger partial charge in [-0.3, -0.25) is 5.43 Å². The fourth-order valence-electron chi connectivity index (χ4n) is 2.49. The van der Waals surface area contributed by atoms with Crippen LogP contribution in [0.1, 0.15) is 5.56 Å². The van der Waals surface area contributed by atoms with E-state index in [0.29, 0.717) is 17.3 Å². The zero-order chi connectivity index (χ0) is 18.6. The van der Waals surface area contributed by atoms with Crippen LogP contribution in [0, 0.1) is 0 Å². The van der Waals surface area contributed by atoms with E-state index in [1.54, 1.807) is 36.5 Å². The average Bonchev–Trinajstić information content (AvgIpc) is 3.13. The molecule has 134 valence electrons. The highest BCUT2D eigenvalue weighted by atomic mass is 79.9. The Kier molecular flexibility index (Phi) is 4.75. The molecule has 0 saturated heterocycles. The number of ether oxygens (including phenoxy) is 1. The lowest BCUT2D eigenvalue weighted by atomic mass is 10.3. The largest absolute Gasteiger partial charge is 0.481 e. The molecule has 4 rings (SSSR count). The quantitative estimate of drug-likeness (QED) is 0.390. The number of rotatable bonds is 5. The van der Waals surface area contributed by atoms with Crippen LogP contribution in [0.25, 0.3) is 16.7 Å². The molecule has 0 radical (unpaired) electrons. The van der Waals surface area contributed by atoms with Crippen LogP contribution < -0.4 is 10.2 Å².